The van der Waals surface area contributed by atoms with Gasteiger partial charge in [0.15, 0.2) is 0 Å². The van der Waals surface area contributed by atoms with Crippen molar-refractivity contribution < 1.29 is 24.0 Å². The Kier molecular flexibility index (Phi) is 5.07. The Balaban J connectivity index is 2.54. The van der Waals surface area contributed by atoms with E-state index in [1.807, 2.05) is 0 Å². The number of carbonyl (C=O) groups excluding carboxylic acids is 3. The van der Waals surface area contributed by atoms with Gasteiger partial charge in [-0.1, -0.05) is 0 Å². The number of anilines is 1. The normalized spacial score (nSPS) is 10.5. The van der Waals surface area contributed by atoms with E-state index in [2.05, 4.69) is 15.2 Å². The molecule has 11 nitrogen and oxygen atoms in total. The quantitative estimate of drug-likeness (QED) is 0.446. The number of nitro groups is 1. The van der Waals surface area contributed by atoms with Crippen molar-refractivity contribution in [1.82, 2.24) is 9.78 Å². The summed E-state index contributed by atoms with van der Waals surface area (Å²) in [6.45, 7) is 2.88. The topological polar surface area (TPSA) is 159 Å². The number of primary amides is 1. The number of nitrogens with zero attached hydrogens (tertiary/aromatic N) is 3. The Bertz CT molecular complexity index is 944. The average Bonchev–Trinajstić information content (AvgIpc) is 3.02. The molecule has 2 heterocycles. The number of amides is 2. The molecule has 2 aromatic heterocycles. The zero-order valence-corrected chi connectivity index (χ0v) is 15.1. The molecule has 0 unspecified atom stereocenters. The first-order valence-electron chi connectivity index (χ1n) is 7.10. The predicted molar refractivity (Wildman–Crippen MR) is 91.5 cm³/mol. The number of nitrogens with one attached hydrogen (secondary N) is 1. The number of methoxy groups -OCH3 is 1. The molecule has 0 aliphatic rings. The zero-order chi connectivity index (χ0) is 19.8. The molecule has 0 atom stereocenters. The number of ether oxygens (including phenoxy) is 1. The molecule has 2 amide bonds. The van der Waals surface area contributed by atoms with Crippen molar-refractivity contribution >= 4 is 39.8 Å². The zero-order valence-electron chi connectivity index (χ0n) is 14.3. The summed E-state index contributed by atoms with van der Waals surface area (Å²) in [4.78, 5) is 46.7. The van der Waals surface area contributed by atoms with Crippen LogP contribution < -0.4 is 11.1 Å². The fraction of sp³-hybridized carbons (Fsp3) is 0.286. The summed E-state index contributed by atoms with van der Waals surface area (Å²) in [6.07, 6.45) is 0. The molecule has 0 aliphatic carbocycles. The van der Waals surface area contributed by atoms with Crippen LogP contribution in [-0.4, -0.2) is 39.6 Å². The highest BCUT2D eigenvalue weighted by atomic mass is 32.1. The van der Waals surface area contributed by atoms with Gasteiger partial charge in [-0.05, 0) is 19.4 Å². The molecule has 2 aromatic rings. The number of thiophene rings is 1. The number of nitrogens with two attached hydrogens (primary N) is 1. The lowest BCUT2D eigenvalue weighted by Crippen LogP contribution is -2.18. The molecule has 12 heteroatoms. The molecule has 2 rings (SSSR count). The highest BCUT2D eigenvalue weighted by Crippen LogP contribution is 2.34. The van der Waals surface area contributed by atoms with Crippen LogP contribution in [0.1, 0.15) is 41.8 Å². The first-order valence-corrected chi connectivity index (χ1v) is 7.92. The van der Waals surface area contributed by atoms with Gasteiger partial charge in [-0.3, -0.25) is 24.4 Å². The third-order valence-electron chi connectivity index (χ3n) is 3.58. The van der Waals surface area contributed by atoms with E-state index in [1.165, 1.54) is 20.9 Å². The standard InChI is InChI=1S/C14H15N5O6S/c1-5-7(14(22)25-4)13(26-10(5)11(15)20)16-12(21)9-8(19(23)24)6(2)17-18(9)3/h1-4H3,(H2,15,20)(H,16,21). The maximum absolute atomic E-state index is 12.6. The molecule has 0 aromatic carbocycles. The molecular weight excluding hydrogens is 366 g/mol. The summed E-state index contributed by atoms with van der Waals surface area (Å²) in [5.41, 5.74) is 4.80. The Hall–Kier alpha value is -3.28. The number of aromatic nitrogens is 2. The van der Waals surface area contributed by atoms with Gasteiger partial charge in [-0.2, -0.15) is 5.10 Å². The fourth-order valence-corrected chi connectivity index (χ4v) is 3.51. The minimum atomic E-state index is -0.859. The molecule has 0 saturated carbocycles. The summed E-state index contributed by atoms with van der Waals surface area (Å²) >= 11 is 0.781. The minimum absolute atomic E-state index is 0.00120. The summed E-state index contributed by atoms with van der Waals surface area (Å²) < 4.78 is 5.73. The van der Waals surface area contributed by atoms with Crippen LogP contribution in [0.2, 0.25) is 0 Å². The third-order valence-corrected chi connectivity index (χ3v) is 4.80. The van der Waals surface area contributed by atoms with Crippen LogP contribution in [0.15, 0.2) is 0 Å². The van der Waals surface area contributed by atoms with E-state index in [0.29, 0.717) is 0 Å². The monoisotopic (exact) mass is 381 g/mol. The molecule has 0 radical (unpaired) electrons. The van der Waals surface area contributed by atoms with E-state index in [-0.39, 0.29) is 32.4 Å². The Labute approximate surface area is 150 Å². The van der Waals surface area contributed by atoms with Gasteiger partial charge < -0.3 is 15.8 Å². The third kappa shape index (κ3) is 3.13. The highest BCUT2D eigenvalue weighted by Gasteiger charge is 2.31. The van der Waals surface area contributed by atoms with Crippen LogP contribution in [0.4, 0.5) is 10.7 Å². The molecule has 3 N–H and O–H groups in total. The lowest BCUT2D eigenvalue weighted by molar-refractivity contribution is -0.385. The first kappa shape index (κ1) is 19.1. The van der Waals surface area contributed by atoms with Crippen molar-refractivity contribution in [2.24, 2.45) is 12.8 Å². The van der Waals surface area contributed by atoms with Crippen LogP contribution in [0.5, 0.6) is 0 Å². The van der Waals surface area contributed by atoms with Crippen LogP contribution in [0.25, 0.3) is 0 Å². The lowest BCUT2D eigenvalue weighted by atomic mass is 10.1. The van der Waals surface area contributed by atoms with E-state index in [4.69, 9.17) is 5.73 Å². The van der Waals surface area contributed by atoms with Crippen molar-refractivity contribution in [3.63, 3.8) is 0 Å². The number of hydrogen-bond donors (Lipinski definition) is 2. The molecule has 138 valence electrons. The SMILES string of the molecule is COC(=O)c1c(NC(=O)c2c([N+](=O)[O-])c(C)nn2C)sc(C(N)=O)c1C. The second-order valence-corrected chi connectivity index (χ2v) is 6.25. The van der Waals surface area contributed by atoms with Crippen molar-refractivity contribution in [2.75, 3.05) is 12.4 Å². The van der Waals surface area contributed by atoms with Gasteiger partial charge in [0.05, 0.1) is 22.5 Å². The smallest absolute Gasteiger partial charge is 0.341 e. The average molecular weight is 381 g/mol. The summed E-state index contributed by atoms with van der Waals surface area (Å²) in [5, 5.41) is 17.5. The van der Waals surface area contributed by atoms with Gasteiger partial charge in [0.2, 0.25) is 5.69 Å². The summed E-state index contributed by atoms with van der Waals surface area (Å²) in [6, 6.07) is 0. The largest absolute Gasteiger partial charge is 0.465 e. The van der Waals surface area contributed by atoms with E-state index in [1.54, 1.807) is 0 Å². The second kappa shape index (κ2) is 6.92. The molecule has 0 fully saturated rings. The maximum atomic E-state index is 12.6. The Morgan fingerprint density at radius 2 is 1.96 bits per heavy atom. The van der Waals surface area contributed by atoms with Gasteiger partial charge in [-0.15, -0.1) is 11.3 Å². The van der Waals surface area contributed by atoms with Gasteiger partial charge in [0.25, 0.3) is 11.8 Å². The van der Waals surface area contributed by atoms with Crippen LogP contribution >= 0.6 is 11.3 Å². The first-order chi connectivity index (χ1) is 12.1. The summed E-state index contributed by atoms with van der Waals surface area (Å²) in [7, 11) is 2.52. The Morgan fingerprint density at radius 1 is 1.35 bits per heavy atom. The van der Waals surface area contributed by atoms with Crippen LogP contribution in [0, 0.1) is 24.0 Å². The number of aryl methyl sites for hydroxylation is 2. The molecule has 0 saturated heterocycles. The van der Waals surface area contributed by atoms with Crippen molar-refractivity contribution in [3.05, 3.63) is 37.5 Å². The minimum Gasteiger partial charge on any atom is -0.465 e. The molecule has 26 heavy (non-hydrogen) atoms. The van der Waals surface area contributed by atoms with E-state index in [0.717, 1.165) is 23.1 Å². The Morgan fingerprint density at radius 3 is 2.46 bits per heavy atom. The maximum Gasteiger partial charge on any atom is 0.341 e. The summed E-state index contributed by atoms with van der Waals surface area (Å²) in [5.74, 6) is -2.42. The van der Waals surface area contributed by atoms with Gasteiger partial charge >= 0.3 is 11.7 Å². The molecule has 0 aliphatic heterocycles. The second-order valence-electron chi connectivity index (χ2n) is 5.23. The lowest BCUT2D eigenvalue weighted by Gasteiger charge is -2.06. The van der Waals surface area contributed by atoms with E-state index >= 15 is 0 Å². The van der Waals surface area contributed by atoms with Gasteiger partial charge in [0, 0.05) is 7.05 Å². The number of esters is 1. The van der Waals surface area contributed by atoms with E-state index < -0.39 is 28.4 Å². The predicted octanol–water partition coefficient (Wildman–Crippen LogP) is 1.14. The van der Waals surface area contributed by atoms with Crippen molar-refractivity contribution in [2.45, 2.75) is 13.8 Å². The fourth-order valence-electron chi connectivity index (χ4n) is 2.47. The molecular formula is C14H15N5O6S. The van der Waals surface area contributed by atoms with Crippen LogP contribution in [-0.2, 0) is 11.8 Å². The number of hydrogen-bond acceptors (Lipinski definition) is 8. The number of carbonyl (C=O) groups is 3. The van der Waals surface area contributed by atoms with Crippen molar-refractivity contribution in [1.29, 1.82) is 0 Å². The highest BCUT2D eigenvalue weighted by molar-refractivity contribution is 7.18. The van der Waals surface area contributed by atoms with Crippen molar-refractivity contribution in [3.8, 4) is 0 Å². The molecule has 0 bridgehead atoms. The molecule has 0 spiro atoms. The van der Waals surface area contributed by atoms with Crippen LogP contribution in [0.3, 0.4) is 0 Å². The van der Waals surface area contributed by atoms with Gasteiger partial charge in [-0.25, -0.2) is 4.79 Å². The number of rotatable bonds is 5. The van der Waals surface area contributed by atoms with Gasteiger partial charge in [0.1, 0.15) is 10.7 Å². The van der Waals surface area contributed by atoms with E-state index in [9.17, 15) is 24.5 Å².